The van der Waals surface area contributed by atoms with Crippen LogP contribution in [-0.4, -0.2) is 19.9 Å². The minimum absolute atomic E-state index is 0.585. The van der Waals surface area contributed by atoms with Gasteiger partial charge in [-0.15, -0.1) is 11.3 Å². The van der Waals surface area contributed by atoms with Gasteiger partial charge in [-0.1, -0.05) is 42.5 Å². The molecule has 0 fully saturated rings. The molecule has 6 heteroatoms. The van der Waals surface area contributed by atoms with Gasteiger partial charge in [0, 0.05) is 39.0 Å². The molecule has 0 aliphatic rings. The van der Waals surface area contributed by atoms with Gasteiger partial charge in [-0.05, 0) is 17.7 Å². The third kappa shape index (κ3) is 2.77. The smallest absolute Gasteiger partial charge is 0.226 e. The molecule has 0 bridgehead atoms. The summed E-state index contributed by atoms with van der Waals surface area (Å²) in [4.78, 5) is 18.9. The third-order valence-electron chi connectivity index (χ3n) is 5.11. The van der Waals surface area contributed by atoms with Crippen molar-refractivity contribution in [3.05, 3.63) is 85.0 Å². The highest BCUT2D eigenvalue weighted by atomic mass is 32.1. The number of fused-ring (bicyclic) bond motifs is 2. The maximum Gasteiger partial charge on any atom is 0.226 e. The fourth-order valence-corrected chi connectivity index (χ4v) is 4.58. The molecule has 2 aromatic carbocycles. The molecular weight excluding hydrogens is 392 g/mol. The largest absolute Gasteiger partial charge is 0.445 e. The number of hydrogen-bond donors (Lipinski definition) is 0. The zero-order valence-electron chi connectivity index (χ0n) is 15.7. The molecule has 0 saturated carbocycles. The van der Waals surface area contributed by atoms with Crippen LogP contribution in [0.1, 0.15) is 0 Å². The zero-order chi connectivity index (χ0) is 19.9. The maximum atomic E-state index is 5.62. The Morgan fingerprint density at radius 3 is 2.63 bits per heavy atom. The number of oxazole rings is 1. The first kappa shape index (κ1) is 17.0. The summed E-state index contributed by atoms with van der Waals surface area (Å²) in [5.74, 6) is 0.585. The van der Waals surface area contributed by atoms with Crippen molar-refractivity contribution in [3.63, 3.8) is 0 Å². The lowest BCUT2D eigenvalue weighted by atomic mass is 10.00. The van der Waals surface area contributed by atoms with E-state index in [0.717, 1.165) is 49.1 Å². The molecule has 5 nitrogen and oxygen atoms in total. The van der Waals surface area contributed by atoms with Gasteiger partial charge in [-0.2, -0.15) is 0 Å². The summed E-state index contributed by atoms with van der Waals surface area (Å²) >= 11 is 1.62. The Bertz CT molecular complexity index is 1490. The molecule has 6 rings (SSSR count). The number of thiophene rings is 1. The average Bonchev–Trinajstić information content (AvgIpc) is 3.49. The number of rotatable bonds is 3. The number of nitrogens with zero attached hydrogens (tertiary/aromatic N) is 4. The molecule has 0 saturated heterocycles. The lowest BCUT2D eigenvalue weighted by molar-refractivity contribution is 0.575. The molecule has 0 aliphatic carbocycles. The van der Waals surface area contributed by atoms with Crippen LogP contribution in [0.5, 0.6) is 0 Å². The van der Waals surface area contributed by atoms with Crippen molar-refractivity contribution < 1.29 is 4.42 Å². The van der Waals surface area contributed by atoms with Crippen LogP contribution in [-0.2, 0) is 0 Å². The zero-order valence-corrected chi connectivity index (χ0v) is 16.5. The monoisotopic (exact) mass is 406 g/mol. The summed E-state index contributed by atoms with van der Waals surface area (Å²) in [6.45, 7) is 0. The van der Waals surface area contributed by atoms with Crippen LogP contribution in [0.4, 0.5) is 0 Å². The second-order valence-electron chi connectivity index (χ2n) is 6.88. The molecule has 0 spiro atoms. The summed E-state index contributed by atoms with van der Waals surface area (Å²) in [6.07, 6.45) is 6.70. The fourth-order valence-electron chi connectivity index (χ4n) is 3.68. The third-order valence-corrected chi connectivity index (χ3v) is 6.01. The van der Waals surface area contributed by atoms with Crippen molar-refractivity contribution in [2.75, 3.05) is 0 Å². The van der Waals surface area contributed by atoms with Crippen LogP contribution in [0.25, 0.3) is 55.0 Å². The van der Waals surface area contributed by atoms with E-state index < -0.39 is 0 Å². The van der Waals surface area contributed by atoms with E-state index in [1.165, 1.54) is 0 Å². The molecule has 0 aliphatic heterocycles. The predicted octanol–water partition coefficient (Wildman–Crippen LogP) is 6.23. The summed E-state index contributed by atoms with van der Waals surface area (Å²) in [7, 11) is 0. The summed E-state index contributed by atoms with van der Waals surface area (Å²) < 4.78 is 5.62. The van der Waals surface area contributed by atoms with Gasteiger partial charge in [0.2, 0.25) is 5.89 Å². The molecule has 0 radical (unpaired) electrons. The maximum absolute atomic E-state index is 5.62. The van der Waals surface area contributed by atoms with E-state index >= 15 is 0 Å². The number of pyridine rings is 1. The Morgan fingerprint density at radius 1 is 0.833 bits per heavy atom. The second-order valence-corrected chi connectivity index (χ2v) is 7.74. The standard InChI is InChI=1S/C24H14N4OS/c1-2-4-15(5-3-1)21-11-18(23-26-8-9-29-23)17-7-6-16(10-22(17)28-21)20-13-30-24-19(20)12-25-14-27-24/h1-14H. The van der Waals surface area contributed by atoms with Crippen LogP contribution < -0.4 is 0 Å². The quantitative estimate of drug-likeness (QED) is 0.349. The first-order valence-corrected chi connectivity index (χ1v) is 10.3. The van der Waals surface area contributed by atoms with Crippen molar-refractivity contribution in [2.45, 2.75) is 0 Å². The molecular formula is C24H14N4OS. The fraction of sp³-hybridized carbons (Fsp3) is 0. The van der Waals surface area contributed by atoms with Gasteiger partial charge in [0.05, 0.1) is 17.4 Å². The van der Waals surface area contributed by atoms with Gasteiger partial charge < -0.3 is 4.42 Å². The lowest BCUT2D eigenvalue weighted by Crippen LogP contribution is -1.91. The molecule has 0 atom stereocenters. The van der Waals surface area contributed by atoms with E-state index in [0.29, 0.717) is 5.89 Å². The molecule has 0 N–H and O–H groups in total. The highest BCUT2D eigenvalue weighted by Gasteiger charge is 2.15. The van der Waals surface area contributed by atoms with Gasteiger partial charge in [0.1, 0.15) is 17.4 Å². The molecule has 0 amide bonds. The Kier molecular flexibility index (Phi) is 3.89. The van der Waals surface area contributed by atoms with Crippen molar-refractivity contribution in [1.29, 1.82) is 0 Å². The van der Waals surface area contributed by atoms with Gasteiger partial charge in [0.25, 0.3) is 0 Å². The van der Waals surface area contributed by atoms with E-state index in [9.17, 15) is 0 Å². The first-order chi connectivity index (χ1) is 14.9. The van der Waals surface area contributed by atoms with Crippen molar-refractivity contribution in [3.8, 4) is 33.8 Å². The predicted molar refractivity (Wildman–Crippen MR) is 119 cm³/mol. The Morgan fingerprint density at radius 2 is 1.77 bits per heavy atom. The average molecular weight is 406 g/mol. The van der Waals surface area contributed by atoms with Gasteiger partial charge in [0.15, 0.2) is 0 Å². The topological polar surface area (TPSA) is 64.7 Å². The van der Waals surface area contributed by atoms with E-state index in [1.54, 1.807) is 30.1 Å². The van der Waals surface area contributed by atoms with Gasteiger partial charge in [-0.3, -0.25) is 0 Å². The number of hydrogen-bond acceptors (Lipinski definition) is 6. The summed E-state index contributed by atoms with van der Waals surface area (Å²) in [5.41, 5.74) is 5.94. The van der Waals surface area contributed by atoms with Crippen molar-refractivity contribution >= 4 is 32.5 Å². The minimum atomic E-state index is 0.585. The highest BCUT2D eigenvalue weighted by molar-refractivity contribution is 7.17. The van der Waals surface area contributed by atoms with Crippen LogP contribution in [0.2, 0.25) is 0 Å². The second kappa shape index (κ2) is 6.86. The molecule has 30 heavy (non-hydrogen) atoms. The lowest BCUT2D eigenvalue weighted by Gasteiger charge is -2.09. The Hall–Kier alpha value is -3.90. The van der Waals surface area contributed by atoms with E-state index in [2.05, 4.69) is 50.7 Å². The van der Waals surface area contributed by atoms with Crippen LogP contribution in [0, 0.1) is 0 Å². The summed E-state index contributed by atoms with van der Waals surface area (Å²) in [5, 5.41) is 4.17. The molecule has 142 valence electrons. The van der Waals surface area contributed by atoms with E-state index in [4.69, 9.17) is 9.40 Å². The Balaban J connectivity index is 1.61. The van der Waals surface area contributed by atoms with Crippen LogP contribution in [0.3, 0.4) is 0 Å². The first-order valence-electron chi connectivity index (χ1n) is 9.44. The number of benzene rings is 2. The van der Waals surface area contributed by atoms with Crippen LogP contribution in [0.15, 0.2) is 89.4 Å². The van der Waals surface area contributed by atoms with Gasteiger partial charge >= 0.3 is 0 Å². The molecule has 4 heterocycles. The Labute approximate surface area is 175 Å². The van der Waals surface area contributed by atoms with E-state index in [1.807, 2.05) is 30.5 Å². The van der Waals surface area contributed by atoms with Crippen LogP contribution >= 0.6 is 11.3 Å². The van der Waals surface area contributed by atoms with E-state index in [-0.39, 0.29) is 0 Å². The normalized spacial score (nSPS) is 11.3. The van der Waals surface area contributed by atoms with Gasteiger partial charge in [-0.25, -0.2) is 19.9 Å². The summed E-state index contributed by atoms with van der Waals surface area (Å²) in [6, 6.07) is 18.5. The molecule has 4 aromatic heterocycles. The minimum Gasteiger partial charge on any atom is -0.445 e. The SMILES string of the molecule is c1ccc(-c2cc(-c3ncco3)c3ccc(-c4csc5ncncc45)cc3n2)cc1. The van der Waals surface area contributed by atoms with Crippen molar-refractivity contribution in [1.82, 2.24) is 19.9 Å². The molecule has 0 unspecified atom stereocenters. The highest BCUT2D eigenvalue weighted by Crippen LogP contribution is 2.36. The number of aromatic nitrogens is 4. The molecule has 6 aromatic rings. The van der Waals surface area contributed by atoms with Crippen molar-refractivity contribution in [2.24, 2.45) is 0 Å².